The van der Waals surface area contributed by atoms with Crippen molar-refractivity contribution in [3.63, 3.8) is 0 Å². The molecular weight excluding hydrogens is 377 g/mol. The largest absolute Gasteiger partial charge is 0.321 e. The summed E-state index contributed by atoms with van der Waals surface area (Å²) in [5, 5.41) is 8.81. The molecule has 0 fully saturated rings. The zero-order valence-corrected chi connectivity index (χ0v) is 13.3. The van der Waals surface area contributed by atoms with E-state index in [1.165, 1.54) is 0 Å². The van der Waals surface area contributed by atoms with Crippen LogP contribution in [0.3, 0.4) is 0 Å². The molecule has 0 saturated heterocycles. The SMILES string of the molecule is Cn1c(-c2ccccn2)nc(-c2ccc(C#N)nc2)c1I. The molecule has 0 spiro atoms. The van der Waals surface area contributed by atoms with Gasteiger partial charge in [0.15, 0.2) is 5.82 Å². The Balaban J connectivity index is 2.10. The molecule has 3 heterocycles. The van der Waals surface area contributed by atoms with Crippen LogP contribution in [-0.4, -0.2) is 19.5 Å². The molecular formula is C15H10IN5. The van der Waals surface area contributed by atoms with Crippen molar-refractivity contribution in [2.45, 2.75) is 0 Å². The fourth-order valence-corrected chi connectivity index (χ4v) is 2.65. The number of nitriles is 1. The second kappa shape index (κ2) is 5.61. The Morgan fingerprint density at radius 1 is 1.19 bits per heavy atom. The van der Waals surface area contributed by atoms with Crippen LogP contribution in [0.4, 0.5) is 0 Å². The molecule has 6 heteroatoms. The van der Waals surface area contributed by atoms with E-state index in [-0.39, 0.29) is 0 Å². The molecule has 0 aromatic carbocycles. The predicted molar refractivity (Wildman–Crippen MR) is 87.1 cm³/mol. The molecule has 0 aliphatic rings. The molecule has 3 aromatic rings. The van der Waals surface area contributed by atoms with Crippen molar-refractivity contribution < 1.29 is 0 Å². The summed E-state index contributed by atoms with van der Waals surface area (Å²) in [7, 11) is 1.96. The van der Waals surface area contributed by atoms with Gasteiger partial charge in [0.25, 0.3) is 0 Å². The van der Waals surface area contributed by atoms with Crippen LogP contribution in [0.15, 0.2) is 42.7 Å². The number of aromatic nitrogens is 4. The maximum absolute atomic E-state index is 8.81. The van der Waals surface area contributed by atoms with E-state index in [4.69, 9.17) is 5.26 Å². The van der Waals surface area contributed by atoms with Crippen molar-refractivity contribution in [3.05, 3.63) is 52.1 Å². The highest BCUT2D eigenvalue weighted by Crippen LogP contribution is 2.28. The third-order valence-corrected chi connectivity index (χ3v) is 4.31. The number of rotatable bonds is 2. The molecule has 0 saturated carbocycles. The fourth-order valence-electron chi connectivity index (χ4n) is 1.99. The first kappa shape index (κ1) is 13.7. The minimum Gasteiger partial charge on any atom is -0.321 e. The first-order chi connectivity index (χ1) is 10.2. The summed E-state index contributed by atoms with van der Waals surface area (Å²) in [6.07, 6.45) is 3.42. The quantitative estimate of drug-likeness (QED) is 0.634. The fraction of sp³-hybridized carbons (Fsp3) is 0.0667. The van der Waals surface area contributed by atoms with Gasteiger partial charge in [-0.3, -0.25) is 4.98 Å². The first-order valence-electron chi connectivity index (χ1n) is 6.21. The van der Waals surface area contributed by atoms with Gasteiger partial charge in [-0.25, -0.2) is 9.97 Å². The third-order valence-electron chi connectivity index (χ3n) is 3.07. The predicted octanol–water partition coefficient (Wildman–Crippen LogP) is 3.02. The van der Waals surface area contributed by atoms with E-state index in [0.717, 1.165) is 26.5 Å². The number of pyridine rings is 2. The van der Waals surface area contributed by atoms with Crippen molar-refractivity contribution in [2.24, 2.45) is 7.05 Å². The Hall–Kier alpha value is -2.27. The molecule has 3 rings (SSSR count). The molecule has 102 valence electrons. The van der Waals surface area contributed by atoms with Crippen LogP contribution in [0, 0.1) is 15.0 Å². The molecule has 0 N–H and O–H groups in total. The Bertz CT molecular complexity index is 816. The smallest absolute Gasteiger partial charge is 0.159 e. The number of imidazole rings is 1. The maximum Gasteiger partial charge on any atom is 0.159 e. The minimum absolute atomic E-state index is 0.398. The van der Waals surface area contributed by atoms with Crippen LogP contribution in [0.1, 0.15) is 5.69 Å². The average molecular weight is 387 g/mol. The van der Waals surface area contributed by atoms with E-state index in [0.29, 0.717) is 5.69 Å². The monoisotopic (exact) mass is 387 g/mol. The lowest BCUT2D eigenvalue weighted by Crippen LogP contribution is -1.96. The summed E-state index contributed by atoms with van der Waals surface area (Å²) in [4.78, 5) is 13.1. The molecule has 0 aliphatic heterocycles. The van der Waals surface area contributed by atoms with Gasteiger partial charge in [0.2, 0.25) is 0 Å². The lowest BCUT2D eigenvalue weighted by atomic mass is 10.2. The Labute approximate surface area is 135 Å². The molecule has 21 heavy (non-hydrogen) atoms. The Morgan fingerprint density at radius 2 is 2.05 bits per heavy atom. The molecule has 3 aromatic heterocycles. The van der Waals surface area contributed by atoms with Gasteiger partial charge in [-0.1, -0.05) is 6.07 Å². The highest BCUT2D eigenvalue weighted by Gasteiger charge is 2.16. The van der Waals surface area contributed by atoms with E-state index >= 15 is 0 Å². The van der Waals surface area contributed by atoms with Crippen molar-refractivity contribution in [2.75, 3.05) is 0 Å². The first-order valence-corrected chi connectivity index (χ1v) is 7.28. The van der Waals surface area contributed by atoms with Crippen molar-refractivity contribution in [3.8, 4) is 28.8 Å². The van der Waals surface area contributed by atoms with E-state index in [2.05, 4.69) is 37.5 Å². The highest BCUT2D eigenvalue weighted by molar-refractivity contribution is 14.1. The summed E-state index contributed by atoms with van der Waals surface area (Å²) in [5.41, 5.74) is 2.95. The van der Waals surface area contributed by atoms with E-state index < -0.39 is 0 Å². The van der Waals surface area contributed by atoms with Crippen LogP contribution in [0.25, 0.3) is 22.8 Å². The minimum atomic E-state index is 0.398. The Morgan fingerprint density at radius 3 is 2.67 bits per heavy atom. The van der Waals surface area contributed by atoms with Gasteiger partial charge in [0.1, 0.15) is 26.9 Å². The van der Waals surface area contributed by atoms with Gasteiger partial charge in [-0.15, -0.1) is 0 Å². The topological polar surface area (TPSA) is 67.4 Å². The van der Waals surface area contributed by atoms with Crippen LogP contribution in [-0.2, 0) is 7.05 Å². The van der Waals surface area contributed by atoms with Gasteiger partial charge >= 0.3 is 0 Å². The zero-order valence-electron chi connectivity index (χ0n) is 11.2. The third kappa shape index (κ3) is 2.52. The van der Waals surface area contributed by atoms with Gasteiger partial charge in [-0.2, -0.15) is 5.26 Å². The van der Waals surface area contributed by atoms with E-state index in [9.17, 15) is 0 Å². The molecule has 0 aliphatic carbocycles. The number of hydrogen-bond acceptors (Lipinski definition) is 4. The highest BCUT2D eigenvalue weighted by atomic mass is 127. The van der Waals surface area contributed by atoms with E-state index in [1.54, 1.807) is 18.5 Å². The standard InChI is InChI=1S/C15H10IN5/c1-21-14(16)13(10-5-6-11(8-17)19-9-10)20-15(21)12-4-2-3-7-18-12/h2-7,9H,1H3. The van der Waals surface area contributed by atoms with Crippen LogP contribution in [0.2, 0.25) is 0 Å². The molecule has 0 unspecified atom stereocenters. The molecule has 5 nitrogen and oxygen atoms in total. The molecule has 0 amide bonds. The second-order valence-electron chi connectivity index (χ2n) is 4.39. The maximum atomic E-state index is 8.81. The molecule has 0 bridgehead atoms. The number of hydrogen-bond donors (Lipinski definition) is 0. The van der Waals surface area contributed by atoms with Gasteiger partial charge in [0.05, 0.1) is 0 Å². The van der Waals surface area contributed by atoms with Gasteiger partial charge < -0.3 is 4.57 Å². The molecule has 0 atom stereocenters. The summed E-state index contributed by atoms with van der Waals surface area (Å²) >= 11 is 2.25. The summed E-state index contributed by atoms with van der Waals surface area (Å²) < 4.78 is 3.00. The lowest BCUT2D eigenvalue weighted by Gasteiger charge is -2.00. The normalized spacial score (nSPS) is 10.3. The molecule has 0 radical (unpaired) electrons. The number of halogens is 1. The average Bonchev–Trinajstić information content (AvgIpc) is 2.84. The van der Waals surface area contributed by atoms with Gasteiger partial charge in [0, 0.05) is 25.0 Å². The van der Waals surface area contributed by atoms with Crippen molar-refractivity contribution in [1.82, 2.24) is 19.5 Å². The Kier molecular flexibility index (Phi) is 3.66. The van der Waals surface area contributed by atoms with Crippen molar-refractivity contribution >= 4 is 22.6 Å². The summed E-state index contributed by atoms with van der Waals surface area (Å²) in [5.74, 6) is 0.805. The van der Waals surface area contributed by atoms with Crippen molar-refractivity contribution in [1.29, 1.82) is 5.26 Å². The summed E-state index contributed by atoms with van der Waals surface area (Å²) in [6.45, 7) is 0. The lowest BCUT2D eigenvalue weighted by molar-refractivity contribution is 0.893. The van der Waals surface area contributed by atoms with Gasteiger partial charge in [-0.05, 0) is 46.9 Å². The van der Waals surface area contributed by atoms with Crippen LogP contribution < -0.4 is 0 Å². The van der Waals surface area contributed by atoms with Crippen LogP contribution in [0.5, 0.6) is 0 Å². The summed E-state index contributed by atoms with van der Waals surface area (Å²) in [6, 6.07) is 11.3. The second-order valence-corrected chi connectivity index (χ2v) is 5.41. The van der Waals surface area contributed by atoms with Crippen LogP contribution >= 0.6 is 22.6 Å². The van der Waals surface area contributed by atoms with E-state index in [1.807, 2.05) is 41.9 Å². The zero-order chi connectivity index (χ0) is 14.8. The number of nitrogens with zero attached hydrogens (tertiary/aromatic N) is 5.